The molecular formula is C32H41N6O9P. The van der Waals surface area contributed by atoms with Crippen LogP contribution < -0.4 is 20.1 Å². The van der Waals surface area contributed by atoms with Gasteiger partial charge < -0.3 is 34.7 Å². The first kappa shape index (κ1) is 34.0. The molecule has 2 aromatic heterocycles. The van der Waals surface area contributed by atoms with Gasteiger partial charge in [0.25, 0.3) is 0 Å². The van der Waals surface area contributed by atoms with Crippen molar-refractivity contribution < 1.29 is 42.8 Å². The largest absolute Gasteiger partial charge is 0.479 e. The van der Waals surface area contributed by atoms with Crippen molar-refractivity contribution in [2.45, 2.75) is 82.6 Å². The van der Waals surface area contributed by atoms with E-state index in [1.165, 1.54) is 24.9 Å². The normalized spacial score (nSPS) is 25.0. The number of aliphatic hydroxyl groups is 2. The molecule has 2 fully saturated rings. The third kappa shape index (κ3) is 6.71. The molecule has 16 heteroatoms. The van der Waals surface area contributed by atoms with Crippen molar-refractivity contribution in [1.82, 2.24) is 24.6 Å². The Balaban J connectivity index is 1.28. The molecule has 0 spiro atoms. The Kier molecular flexibility index (Phi) is 9.62. The molecule has 1 aliphatic carbocycles. The smallest absolute Gasteiger partial charge is 0.459 e. The molecule has 15 nitrogen and oxygen atoms in total. The summed E-state index contributed by atoms with van der Waals surface area (Å²) in [6, 6.07) is 11.6. The molecule has 2 aliphatic rings. The minimum atomic E-state index is -4.41. The number of nitrogens with zero attached hydrogens (tertiary/aromatic N) is 4. The Labute approximate surface area is 277 Å². The highest BCUT2D eigenvalue weighted by atomic mass is 31.2. The molecule has 4 aromatic rings. The highest BCUT2D eigenvalue weighted by molar-refractivity contribution is 7.52. The zero-order valence-electron chi connectivity index (χ0n) is 27.2. The quantitative estimate of drug-likeness (QED) is 0.124. The van der Waals surface area contributed by atoms with Gasteiger partial charge in [-0.05, 0) is 50.0 Å². The fourth-order valence-electron chi connectivity index (χ4n) is 6.15. The first-order valence-corrected chi connectivity index (χ1v) is 17.4. The molecule has 6 rings (SSSR count). The van der Waals surface area contributed by atoms with Gasteiger partial charge in [-0.25, -0.2) is 9.55 Å². The number of nitrogens with two attached hydrogens (primary N) is 1. The minimum absolute atomic E-state index is 0.0945. The number of aromatic nitrogens is 4. The van der Waals surface area contributed by atoms with Crippen molar-refractivity contribution in [3.8, 4) is 11.6 Å². The number of anilines is 1. The Morgan fingerprint density at radius 2 is 1.92 bits per heavy atom. The monoisotopic (exact) mass is 684 g/mol. The summed E-state index contributed by atoms with van der Waals surface area (Å²) in [5.41, 5.74) is 4.44. The summed E-state index contributed by atoms with van der Waals surface area (Å²) in [7, 11) is -3.00. The Morgan fingerprint density at radius 3 is 2.65 bits per heavy atom. The van der Waals surface area contributed by atoms with Gasteiger partial charge in [-0.2, -0.15) is 15.1 Å². The van der Waals surface area contributed by atoms with Crippen molar-refractivity contribution in [3.63, 3.8) is 0 Å². The van der Waals surface area contributed by atoms with Gasteiger partial charge in [-0.1, -0.05) is 50.2 Å². The number of ether oxygens (including phenoxy) is 3. The van der Waals surface area contributed by atoms with Crippen LogP contribution in [0, 0.1) is 5.92 Å². The molecule has 1 saturated heterocycles. The van der Waals surface area contributed by atoms with Crippen LogP contribution in [-0.4, -0.2) is 79.4 Å². The number of nitrogen functional groups attached to an aromatic ring is 1. The first-order chi connectivity index (χ1) is 22.9. The second kappa shape index (κ2) is 13.6. The van der Waals surface area contributed by atoms with E-state index in [1.54, 1.807) is 26.0 Å². The number of benzene rings is 2. The zero-order chi connectivity index (χ0) is 34.2. The van der Waals surface area contributed by atoms with E-state index in [4.69, 9.17) is 29.0 Å². The van der Waals surface area contributed by atoms with Crippen molar-refractivity contribution in [2.75, 3.05) is 19.5 Å². The molecule has 2 aromatic carbocycles. The molecule has 0 radical (unpaired) electrons. The van der Waals surface area contributed by atoms with Crippen molar-refractivity contribution in [3.05, 3.63) is 48.8 Å². The number of nitrogens with one attached hydrogen (secondary N) is 1. The highest BCUT2D eigenvalue weighted by Crippen LogP contribution is 2.49. The molecule has 0 amide bonds. The third-order valence-electron chi connectivity index (χ3n) is 8.79. The van der Waals surface area contributed by atoms with Gasteiger partial charge in [-0.15, -0.1) is 0 Å². The standard InChI is InChI=1S/C32H41N6O9P/c1-18(2)24(29(40)45-20-12-6-7-13-20)37-48(42,47-22-15-9-11-19-10-5-8-14-21(19)22)44-16-23-26(39)32(3,41)30(46-23)38-17-34-25-27(38)35-31(33)36-28(25)43-4/h5,8-11,14-15,17-18,20,23-24,26,30,39,41H,6-7,12-13,16H2,1-4H3,(H,37,42)(H2,33,35,36)/t23-,24+,26-,30?,32-,48?/m1/s1. The van der Waals surface area contributed by atoms with E-state index < -0.39 is 50.4 Å². The first-order valence-electron chi connectivity index (χ1n) is 15.9. The number of aliphatic hydroxyl groups excluding tert-OH is 1. The maximum atomic E-state index is 14.7. The van der Waals surface area contributed by atoms with Gasteiger partial charge in [0, 0.05) is 5.39 Å². The van der Waals surface area contributed by atoms with Crippen LogP contribution in [0.25, 0.3) is 21.9 Å². The summed E-state index contributed by atoms with van der Waals surface area (Å²) in [6.45, 7) is 4.47. The Morgan fingerprint density at radius 1 is 1.19 bits per heavy atom. The molecule has 2 unspecified atom stereocenters. The van der Waals surface area contributed by atoms with Crippen LogP contribution in [0.15, 0.2) is 48.8 Å². The van der Waals surface area contributed by atoms with Crippen LogP contribution >= 0.6 is 7.75 Å². The van der Waals surface area contributed by atoms with Crippen molar-refractivity contribution in [1.29, 1.82) is 0 Å². The third-order valence-corrected chi connectivity index (χ3v) is 10.3. The number of methoxy groups -OCH3 is 1. The maximum Gasteiger partial charge on any atom is 0.459 e. The lowest BCUT2D eigenvalue weighted by atomic mass is 9.96. The molecular weight excluding hydrogens is 643 g/mol. The second-order valence-electron chi connectivity index (χ2n) is 12.7. The molecule has 0 bridgehead atoms. The summed E-state index contributed by atoms with van der Waals surface area (Å²) in [5.74, 6) is -0.636. The van der Waals surface area contributed by atoms with Gasteiger partial charge in [-0.3, -0.25) is 13.9 Å². The lowest BCUT2D eigenvalue weighted by Crippen LogP contribution is -2.45. The van der Waals surface area contributed by atoms with E-state index in [0.717, 1.165) is 31.1 Å². The molecule has 258 valence electrons. The van der Waals surface area contributed by atoms with Crippen LogP contribution in [0.2, 0.25) is 0 Å². The fraction of sp³-hybridized carbons (Fsp3) is 0.500. The number of carbonyl (C=O) groups is 1. The summed E-state index contributed by atoms with van der Waals surface area (Å²) in [4.78, 5) is 25.9. The molecule has 6 atom stereocenters. The number of hydrogen-bond donors (Lipinski definition) is 4. The number of fused-ring (bicyclic) bond motifs is 2. The van der Waals surface area contributed by atoms with Gasteiger partial charge in [0.2, 0.25) is 11.8 Å². The van der Waals surface area contributed by atoms with Crippen LogP contribution in [-0.2, 0) is 23.4 Å². The van der Waals surface area contributed by atoms with Gasteiger partial charge in [0.1, 0.15) is 35.7 Å². The average molecular weight is 685 g/mol. The molecule has 1 saturated carbocycles. The summed E-state index contributed by atoms with van der Waals surface area (Å²) in [6.07, 6.45) is 0.678. The van der Waals surface area contributed by atoms with Crippen LogP contribution in [0.3, 0.4) is 0 Å². The fourth-order valence-corrected chi connectivity index (χ4v) is 7.84. The Bertz CT molecular complexity index is 1820. The maximum absolute atomic E-state index is 14.7. The molecule has 48 heavy (non-hydrogen) atoms. The van der Waals surface area contributed by atoms with E-state index >= 15 is 0 Å². The minimum Gasteiger partial charge on any atom is -0.479 e. The number of esters is 1. The van der Waals surface area contributed by atoms with Crippen LogP contribution in [0.4, 0.5) is 5.95 Å². The number of hydrogen-bond acceptors (Lipinski definition) is 13. The summed E-state index contributed by atoms with van der Waals surface area (Å²) >= 11 is 0. The highest BCUT2D eigenvalue weighted by Gasteiger charge is 2.54. The van der Waals surface area contributed by atoms with Gasteiger partial charge in [0.15, 0.2) is 17.4 Å². The van der Waals surface area contributed by atoms with E-state index in [-0.39, 0.29) is 40.8 Å². The molecule has 1 aliphatic heterocycles. The van der Waals surface area contributed by atoms with Crippen molar-refractivity contribution in [2.24, 2.45) is 5.92 Å². The second-order valence-corrected chi connectivity index (χ2v) is 14.4. The lowest BCUT2D eigenvalue weighted by Gasteiger charge is -2.29. The van der Waals surface area contributed by atoms with E-state index in [1.807, 2.05) is 30.3 Å². The molecule has 5 N–H and O–H groups in total. The topological polar surface area (TPSA) is 202 Å². The summed E-state index contributed by atoms with van der Waals surface area (Å²) < 4.78 is 45.3. The number of carbonyl (C=O) groups excluding carboxylic acids is 1. The predicted molar refractivity (Wildman–Crippen MR) is 175 cm³/mol. The van der Waals surface area contributed by atoms with E-state index in [2.05, 4.69) is 20.0 Å². The van der Waals surface area contributed by atoms with Crippen LogP contribution in [0.1, 0.15) is 52.7 Å². The van der Waals surface area contributed by atoms with Gasteiger partial charge >= 0.3 is 13.7 Å². The number of imidazole rings is 1. The van der Waals surface area contributed by atoms with E-state index in [0.29, 0.717) is 5.39 Å². The van der Waals surface area contributed by atoms with Gasteiger partial charge in [0.05, 0.1) is 20.0 Å². The molecule has 3 heterocycles. The summed E-state index contributed by atoms with van der Waals surface area (Å²) in [5, 5.41) is 27.1. The van der Waals surface area contributed by atoms with Crippen molar-refractivity contribution >= 4 is 41.6 Å². The van der Waals surface area contributed by atoms with Crippen LogP contribution in [0.5, 0.6) is 11.6 Å². The Hall–Kier alpha value is -3.85. The number of rotatable bonds is 12. The average Bonchev–Trinajstić information content (AvgIpc) is 3.77. The predicted octanol–water partition coefficient (Wildman–Crippen LogP) is 3.88. The SMILES string of the molecule is COc1nc(N)nc2c1ncn2C1O[C@H](COP(=O)(N[C@H](C(=O)OC2CCCC2)C(C)C)Oc2cccc3ccccc23)[C@@H](O)[C@@]1(C)O. The van der Waals surface area contributed by atoms with E-state index in [9.17, 15) is 19.6 Å². The lowest BCUT2D eigenvalue weighted by molar-refractivity contribution is -0.152. The zero-order valence-corrected chi connectivity index (χ0v) is 28.1.